The van der Waals surface area contributed by atoms with Gasteiger partial charge in [0.1, 0.15) is 11.7 Å². The summed E-state index contributed by atoms with van der Waals surface area (Å²) < 4.78 is 16.9. The summed E-state index contributed by atoms with van der Waals surface area (Å²) in [6, 6.07) is 0. The highest BCUT2D eigenvalue weighted by Gasteiger charge is 2.50. The second kappa shape index (κ2) is 10.2. The van der Waals surface area contributed by atoms with Gasteiger partial charge in [-0.1, -0.05) is 6.58 Å². The van der Waals surface area contributed by atoms with E-state index in [0.29, 0.717) is 25.7 Å². The van der Waals surface area contributed by atoms with Gasteiger partial charge in [0, 0.05) is 12.5 Å². The Morgan fingerprint density at radius 2 is 1.69 bits per heavy atom. The Hall–Kier alpha value is -1.48. The van der Waals surface area contributed by atoms with Gasteiger partial charge in [0.25, 0.3) is 0 Å². The molecule has 0 radical (unpaired) electrons. The molecule has 8 heteroatoms. The first-order valence-corrected chi connectivity index (χ1v) is 11.6. The number of aliphatic hydroxyl groups is 3. The van der Waals surface area contributed by atoms with Gasteiger partial charge in [0.05, 0.1) is 30.0 Å². The van der Waals surface area contributed by atoms with Gasteiger partial charge in [-0.25, -0.2) is 4.79 Å². The third kappa shape index (κ3) is 6.31. The van der Waals surface area contributed by atoms with Crippen molar-refractivity contribution < 1.29 is 39.1 Å². The first kappa shape index (κ1) is 26.8. The monoisotopic (exact) mass is 456 g/mol. The fraction of sp³-hybridized carbons (Fsp3) is 0.833. The van der Waals surface area contributed by atoms with E-state index < -0.39 is 53.0 Å². The molecule has 2 aliphatic heterocycles. The van der Waals surface area contributed by atoms with Crippen molar-refractivity contribution in [1.29, 1.82) is 0 Å². The molecule has 2 saturated heterocycles. The van der Waals surface area contributed by atoms with Crippen molar-refractivity contribution in [3.05, 3.63) is 12.2 Å². The van der Waals surface area contributed by atoms with Crippen molar-refractivity contribution in [2.75, 3.05) is 6.61 Å². The highest BCUT2D eigenvalue weighted by atomic mass is 16.6. The molecule has 2 heterocycles. The fourth-order valence-corrected chi connectivity index (χ4v) is 4.79. The molecule has 0 saturated carbocycles. The molecule has 0 aliphatic carbocycles. The molecule has 2 fully saturated rings. The van der Waals surface area contributed by atoms with Gasteiger partial charge in [-0.05, 0) is 78.6 Å². The van der Waals surface area contributed by atoms with Crippen molar-refractivity contribution in [3.63, 3.8) is 0 Å². The number of rotatable bonds is 4. The molecule has 2 bridgehead atoms. The summed E-state index contributed by atoms with van der Waals surface area (Å²) >= 11 is 0. The molecule has 184 valence electrons. The molecule has 0 spiro atoms. The second-order valence-electron chi connectivity index (χ2n) is 10.0. The van der Waals surface area contributed by atoms with Crippen molar-refractivity contribution in [1.82, 2.24) is 0 Å². The summed E-state index contributed by atoms with van der Waals surface area (Å²) in [5.74, 6) is -1.49. The zero-order valence-corrected chi connectivity index (χ0v) is 20.1. The van der Waals surface area contributed by atoms with Crippen molar-refractivity contribution in [2.45, 2.75) is 115 Å². The third-order valence-corrected chi connectivity index (χ3v) is 7.17. The number of hydrogen-bond acceptors (Lipinski definition) is 8. The van der Waals surface area contributed by atoms with Crippen LogP contribution in [0.25, 0.3) is 0 Å². The van der Waals surface area contributed by atoms with Crippen LogP contribution < -0.4 is 0 Å². The highest BCUT2D eigenvalue weighted by molar-refractivity contribution is 5.88. The minimum absolute atomic E-state index is 0.0851. The van der Waals surface area contributed by atoms with Gasteiger partial charge in [0.2, 0.25) is 0 Å². The van der Waals surface area contributed by atoms with Gasteiger partial charge in [-0.2, -0.15) is 0 Å². The van der Waals surface area contributed by atoms with Crippen LogP contribution in [0.4, 0.5) is 0 Å². The zero-order chi connectivity index (χ0) is 24.3. The largest absolute Gasteiger partial charge is 0.463 e. The molecule has 7 atom stereocenters. The van der Waals surface area contributed by atoms with E-state index >= 15 is 0 Å². The zero-order valence-electron chi connectivity index (χ0n) is 20.1. The predicted molar refractivity (Wildman–Crippen MR) is 118 cm³/mol. The van der Waals surface area contributed by atoms with E-state index in [1.54, 1.807) is 13.8 Å². The van der Waals surface area contributed by atoms with Crippen LogP contribution in [-0.4, -0.2) is 69.0 Å². The lowest BCUT2D eigenvalue weighted by atomic mass is 9.78. The van der Waals surface area contributed by atoms with Crippen molar-refractivity contribution in [2.24, 2.45) is 5.92 Å². The summed E-state index contributed by atoms with van der Waals surface area (Å²) in [5, 5.41) is 33.1. The van der Waals surface area contributed by atoms with Gasteiger partial charge < -0.3 is 29.5 Å². The van der Waals surface area contributed by atoms with Crippen LogP contribution in [0.15, 0.2) is 12.2 Å². The third-order valence-electron chi connectivity index (χ3n) is 7.17. The minimum atomic E-state index is -1.49. The van der Waals surface area contributed by atoms with Crippen molar-refractivity contribution >= 4 is 11.9 Å². The van der Waals surface area contributed by atoms with E-state index in [9.17, 15) is 24.9 Å². The number of aliphatic hydroxyl groups excluding tert-OH is 1. The Kier molecular flexibility index (Phi) is 8.53. The van der Waals surface area contributed by atoms with Crippen molar-refractivity contribution in [3.8, 4) is 0 Å². The number of carbonyl (C=O) groups is 2. The number of carbonyl (C=O) groups excluding carboxylic acids is 2. The molecule has 7 unspecified atom stereocenters. The summed E-state index contributed by atoms with van der Waals surface area (Å²) in [4.78, 5) is 24.1. The van der Waals surface area contributed by atoms with Crippen LogP contribution in [-0.2, 0) is 23.8 Å². The number of fused-ring (bicyclic) bond motifs is 2. The SMILES string of the molecule is C=C(C(=O)OCC)C1CCC(C)(O)C2CCC(C)(O2)C(OC(C)=O)CCC(C)(O)C(O)C1. The lowest BCUT2D eigenvalue weighted by molar-refractivity contribution is -0.185. The molecular formula is C24H40O8. The lowest BCUT2D eigenvalue weighted by Gasteiger charge is -2.37. The average molecular weight is 457 g/mol. The fourth-order valence-electron chi connectivity index (χ4n) is 4.79. The topological polar surface area (TPSA) is 123 Å². The van der Waals surface area contributed by atoms with E-state index in [2.05, 4.69) is 6.58 Å². The maximum atomic E-state index is 12.3. The van der Waals surface area contributed by atoms with E-state index in [1.807, 2.05) is 6.92 Å². The summed E-state index contributed by atoms with van der Waals surface area (Å²) in [7, 11) is 0. The van der Waals surface area contributed by atoms with E-state index in [4.69, 9.17) is 14.2 Å². The molecule has 0 aromatic heterocycles. The van der Waals surface area contributed by atoms with Gasteiger partial charge in [-0.3, -0.25) is 4.79 Å². The standard InChI is InChI=1S/C24H40O8/c1-7-30-21(27)15(2)17-8-11-23(5,29)19-10-13-24(6,32-19)20(31-16(3)25)9-12-22(4,28)18(26)14-17/h17-20,26,28-29H,2,7-14H2,1,3-6H3. The highest BCUT2D eigenvalue weighted by Crippen LogP contribution is 2.43. The second-order valence-corrected chi connectivity index (χ2v) is 10.0. The quantitative estimate of drug-likeness (QED) is 0.435. The van der Waals surface area contributed by atoms with Gasteiger partial charge >= 0.3 is 11.9 Å². The van der Waals surface area contributed by atoms with Crippen LogP contribution >= 0.6 is 0 Å². The number of hydrogen-bond donors (Lipinski definition) is 3. The number of ether oxygens (including phenoxy) is 3. The molecule has 32 heavy (non-hydrogen) atoms. The summed E-state index contributed by atoms with van der Waals surface area (Å²) in [5.41, 5.74) is -3.30. The van der Waals surface area contributed by atoms with E-state index in [0.717, 1.165) is 0 Å². The normalized spacial score (nSPS) is 41.0. The average Bonchev–Trinajstić information content (AvgIpc) is 3.11. The van der Waals surface area contributed by atoms with Gasteiger partial charge in [0.15, 0.2) is 0 Å². The number of esters is 2. The first-order valence-electron chi connectivity index (χ1n) is 11.6. The van der Waals surface area contributed by atoms with Gasteiger partial charge in [-0.15, -0.1) is 0 Å². The molecule has 8 nitrogen and oxygen atoms in total. The lowest BCUT2D eigenvalue weighted by Crippen LogP contribution is -2.47. The summed E-state index contributed by atoms with van der Waals surface area (Å²) in [6.07, 6.45) is 0.0718. The predicted octanol–water partition coefficient (Wildman–Crippen LogP) is 2.42. The Labute approximate surface area is 190 Å². The maximum Gasteiger partial charge on any atom is 0.333 e. The Bertz CT molecular complexity index is 700. The smallest absolute Gasteiger partial charge is 0.333 e. The van der Waals surface area contributed by atoms with Crippen LogP contribution in [0.3, 0.4) is 0 Å². The van der Waals surface area contributed by atoms with E-state index in [1.165, 1.54) is 13.8 Å². The minimum Gasteiger partial charge on any atom is -0.463 e. The van der Waals surface area contributed by atoms with E-state index in [-0.39, 0.29) is 31.4 Å². The van der Waals surface area contributed by atoms with Crippen LogP contribution in [0.5, 0.6) is 0 Å². The molecule has 2 aliphatic rings. The Balaban J connectivity index is 2.37. The molecule has 0 amide bonds. The van der Waals surface area contributed by atoms with Crippen LogP contribution in [0, 0.1) is 5.92 Å². The molecule has 0 aromatic rings. The summed E-state index contributed by atoms with van der Waals surface area (Å²) in [6.45, 7) is 12.2. The van der Waals surface area contributed by atoms with Crippen LogP contribution in [0.2, 0.25) is 0 Å². The first-order chi connectivity index (χ1) is 14.7. The maximum absolute atomic E-state index is 12.3. The van der Waals surface area contributed by atoms with Crippen LogP contribution in [0.1, 0.15) is 79.6 Å². The molecular weight excluding hydrogens is 416 g/mol. The Morgan fingerprint density at radius 1 is 1.06 bits per heavy atom. The molecule has 3 N–H and O–H groups in total. The Morgan fingerprint density at radius 3 is 2.28 bits per heavy atom. The molecule has 0 aromatic carbocycles. The molecule has 2 rings (SSSR count).